The van der Waals surface area contributed by atoms with Crippen LogP contribution in [0, 0.1) is 16.7 Å². The lowest BCUT2D eigenvalue weighted by Crippen LogP contribution is -2.46. The molecule has 9 heteroatoms. The van der Waals surface area contributed by atoms with Gasteiger partial charge in [0.15, 0.2) is 0 Å². The molecule has 3 fully saturated rings. The molecule has 1 heterocycles. The van der Waals surface area contributed by atoms with Gasteiger partial charge in [0.25, 0.3) is 5.91 Å². The Balaban J connectivity index is 1.05. The van der Waals surface area contributed by atoms with Gasteiger partial charge in [-0.2, -0.15) is 0 Å². The van der Waals surface area contributed by atoms with E-state index in [1.54, 1.807) is 12.1 Å². The van der Waals surface area contributed by atoms with Crippen molar-refractivity contribution in [1.82, 2.24) is 9.62 Å². The average Bonchev–Trinajstić information content (AvgIpc) is 3.32. The molecule has 7 nitrogen and oxygen atoms in total. The van der Waals surface area contributed by atoms with Crippen LogP contribution in [0.5, 0.6) is 0 Å². The predicted molar refractivity (Wildman–Crippen MR) is 171 cm³/mol. The first kappa shape index (κ1) is 29.9. The normalized spacial score (nSPS) is 23.5. The van der Waals surface area contributed by atoms with Crippen LogP contribution in [0.3, 0.4) is 0 Å². The number of anilines is 1. The number of sulfonamides is 1. The van der Waals surface area contributed by atoms with E-state index in [0.29, 0.717) is 12.8 Å². The predicted octanol–water partition coefficient (Wildman–Crippen LogP) is 5.78. The molecule has 6 rings (SSSR count). The number of amides is 1. The molecule has 2 saturated carbocycles. The fourth-order valence-electron chi connectivity index (χ4n) is 7.47. The Bertz CT molecular complexity index is 1630. The lowest BCUT2D eigenvalue weighted by Gasteiger charge is -2.36. The topological polar surface area (TPSA) is 86.8 Å². The van der Waals surface area contributed by atoms with Gasteiger partial charge in [-0.05, 0) is 77.3 Å². The van der Waals surface area contributed by atoms with Crippen molar-refractivity contribution >= 4 is 39.0 Å². The van der Waals surface area contributed by atoms with E-state index in [1.807, 2.05) is 38.1 Å². The summed E-state index contributed by atoms with van der Waals surface area (Å²) in [5.74, 6) is -0.766. The second kappa shape index (κ2) is 11.4. The molecule has 3 aromatic rings. The van der Waals surface area contributed by atoms with Gasteiger partial charge >= 0.3 is 0 Å². The third-order valence-corrected chi connectivity index (χ3v) is 11.9. The van der Waals surface area contributed by atoms with E-state index in [2.05, 4.69) is 50.9 Å². The van der Waals surface area contributed by atoms with Gasteiger partial charge in [-0.1, -0.05) is 61.8 Å². The fraction of sp³-hybridized carbons (Fsp3) is 0.412. The zero-order chi connectivity index (χ0) is 30.4. The van der Waals surface area contributed by atoms with Gasteiger partial charge in [0.05, 0.1) is 11.2 Å². The number of nitrogens with zero attached hydrogens (tertiary/aromatic N) is 2. The molecule has 1 saturated heterocycles. The standard InChI is InChI=1S/C34H38ClN3O4S/c1-33(2)27-15-16-34(33,31(39)21-27)23-43(41,42)36-32(40)25-9-13-29(14-10-25)38-19-17-37(18-20-38)22-26-5-3-4-6-30(26)24-7-11-28(35)12-8-24/h3-14,27H,15-23H2,1-2H3,(H,36,40)/t27-,34+/m0/s1. The smallest absolute Gasteiger partial charge is 0.264 e. The Hall–Kier alpha value is -3.20. The number of hydrogen-bond acceptors (Lipinski definition) is 6. The van der Waals surface area contributed by atoms with Crippen molar-refractivity contribution in [2.45, 2.75) is 39.7 Å². The number of ketones is 1. The Labute approximate surface area is 259 Å². The maximum Gasteiger partial charge on any atom is 0.264 e. The molecule has 0 radical (unpaired) electrons. The summed E-state index contributed by atoms with van der Waals surface area (Å²) in [4.78, 5) is 30.5. The summed E-state index contributed by atoms with van der Waals surface area (Å²) in [5.41, 5.74) is 3.62. The molecular weight excluding hydrogens is 582 g/mol. The van der Waals surface area contributed by atoms with Gasteiger partial charge in [0, 0.05) is 55.4 Å². The molecule has 1 amide bonds. The Morgan fingerprint density at radius 3 is 2.26 bits per heavy atom. The van der Waals surface area contributed by atoms with Crippen LogP contribution in [0.2, 0.25) is 5.02 Å². The highest BCUT2D eigenvalue weighted by molar-refractivity contribution is 7.90. The summed E-state index contributed by atoms with van der Waals surface area (Å²) in [6, 6.07) is 23.5. The lowest BCUT2D eigenvalue weighted by molar-refractivity contribution is -0.128. The molecular formula is C34H38ClN3O4S. The zero-order valence-corrected chi connectivity index (χ0v) is 26.3. The number of Topliss-reactive ketones (excluding diaryl/α,β-unsaturated/α-hetero) is 1. The Morgan fingerprint density at radius 2 is 1.63 bits per heavy atom. The highest BCUT2D eigenvalue weighted by Gasteiger charge is 2.65. The number of fused-ring (bicyclic) bond motifs is 2. The number of carbonyl (C=O) groups is 2. The zero-order valence-electron chi connectivity index (χ0n) is 24.7. The van der Waals surface area contributed by atoms with Crippen molar-refractivity contribution in [2.24, 2.45) is 16.7 Å². The summed E-state index contributed by atoms with van der Waals surface area (Å²) in [6.45, 7) is 8.31. The summed E-state index contributed by atoms with van der Waals surface area (Å²) in [6.07, 6.45) is 1.85. The SMILES string of the molecule is CC1(C)[C@H]2CC[C@@]1(CS(=O)(=O)NC(=O)c1ccc(N3CCN(Cc4ccccc4-c4ccc(Cl)cc4)CC3)cc1)C(=O)C2. The molecule has 1 N–H and O–H groups in total. The van der Waals surface area contributed by atoms with Gasteiger partial charge in [0.1, 0.15) is 5.78 Å². The summed E-state index contributed by atoms with van der Waals surface area (Å²) in [5, 5.41) is 0.726. The van der Waals surface area contributed by atoms with Crippen LogP contribution in [0.4, 0.5) is 5.69 Å². The minimum absolute atomic E-state index is 0.0155. The molecule has 2 bridgehead atoms. The third-order valence-electron chi connectivity index (χ3n) is 10.3. The molecule has 226 valence electrons. The number of rotatable bonds is 8. The Kier molecular flexibility index (Phi) is 7.90. The van der Waals surface area contributed by atoms with Gasteiger partial charge in [0.2, 0.25) is 10.0 Å². The van der Waals surface area contributed by atoms with Crippen LogP contribution in [-0.4, -0.2) is 56.9 Å². The van der Waals surface area contributed by atoms with Crippen molar-refractivity contribution in [1.29, 1.82) is 0 Å². The lowest BCUT2D eigenvalue weighted by atomic mass is 9.70. The van der Waals surface area contributed by atoms with E-state index < -0.39 is 21.3 Å². The van der Waals surface area contributed by atoms with Crippen LogP contribution in [0.25, 0.3) is 11.1 Å². The number of halogens is 1. The van der Waals surface area contributed by atoms with Crippen LogP contribution in [0.1, 0.15) is 49.0 Å². The number of carbonyl (C=O) groups excluding carboxylic acids is 2. The highest BCUT2D eigenvalue weighted by Crippen LogP contribution is 2.64. The summed E-state index contributed by atoms with van der Waals surface area (Å²) in [7, 11) is -3.99. The monoisotopic (exact) mass is 619 g/mol. The molecule has 0 unspecified atom stereocenters. The maximum absolute atomic E-state index is 13.1. The highest BCUT2D eigenvalue weighted by atomic mass is 35.5. The summed E-state index contributed by atoms with van der Waals surface area (Å²) >= 11 is 6.09. The first-order valence-electron chi connectivity index (χ1n) is 15.0. The maximum atomic E-state index is 13.1. The van der Waals surface area contributed by atoms with Crippen LogP contribution in [-0.2, 0) is 21.4 Å². The van der Waals surface area contributed by atoms with E-state index >= 15 is 0 Å². The number of benzene rings is 3. The second-order valence-corrected chi connectivity index (χ2v) is 15.0. The van der Waals surface area contributed by atoms with Crippen molar-refractivity contribution < 1.29 is 18.0 Å². The minimum atomic E-state index is -3.99. The summed E-state index contributed by atoms with van der Waals surface area (Å²) < 4.78 is 28.4. The first-order chi connectivity index (χ1) is 20.5. The molecule has 43 heavy (non-hydrogen) atoms. The minimum Gasteiger partial charge on any atom is -0.369 e. The molecule has 3 aliphatic rings. The quantitative estimate of drug-likeness (QED) is 0.344. The van der Waals surface area contributed by atoms with E-state index in [9.17, 15) is 18.0 Å². The van der Waals surface area contributed by atoms with Gasteiger partial charge in [-0.15, -0.1) is 0 Å². The molecule has 3 aromatic carbocycles. The second-order valence-electron chi connectivity index (χ2n) is 12.8. The van der Waals surface area contributed by atoms with Gasteiger partial charge < -0.3 is 4.90 Å². The van der Waals surface area contributed by atoms with Gasteiger partial charge in [-0.3, -0.25) is 14.5 Å². The van der Waals surface area contributed by atoms with Crippen LogP contribution in [0.15, 0.2) is 72.8 Å². The van der Waals surface area contributed by atoms with E-state index in [1.165, 1.54) is 11.1 Å². The third kappa shape index (κ3) is 5.73. The number of piperazine rings is 1. The van der Waals surface area contributed by atoms with Crippen LogP contribution < -0.4 is 9.62 Å². The average molecular weight is 620 g/mol. The fourth-order valence-corrected chi connectivity index (χ4v) is 9.39. The van der Waals surface area contributed by atoms with Crippen molar-refractivity contribution in [3.05, 3.63) is 88.9 Å². The molecule has 0 aromatic heterocycles. The largest absolute Gasteiger partial charge is 0.369 e. The number of hydrogen-bond donors (Lipinski definition) is 1. The van der Waals surface area contributed by atoms with Gasteiger partial charge in [-0.25, -0.2) is 13.1 Å². The molecule has 1 aliphatic heterocycles. The molecule has 2 atom stereocenters. The van der Waals surface area contributed by atoms with Crippen LogP contribution >= 0.6 is 11.6 Å². The van der Waals surface area contributed by atoms with Crippen molar-refractivity contribution in [3.63, 3.8) is 0 Å². The van der Waals surface area contributed by atoms with E-state index in [-0.39, 0.29) is 28.4 Å². The molecule has 2 aliphatic carbocycles. The first-order valence-corrected chi connectivity index (χ1v) is 17.0. The van der Waals surface area contributed by atoms with Crippen molar-refractivity contribution in [3.8, 4) is 11.1 Å². The Morgan fingerprint density at radius 1 is 0.953 bits per heavy atom. The van der Waals surface area contributed by atoms with E-state index in [0.717, 1.165) is 55.4 Å². The number of nitrogens with one attached hydrogen (secondary N) is 1. The van der Waals surface area contributed by atoms with Crippen molar-refractivity contribution in [2.75, 3.05) is 36.8 Å². The van der Waals surface area contributed by atoms with E-state index in [4.69, 9.17) is 11.6 Å². The molecule has 0 spiro atoms.